The van der Waals surface area contributed by atoms with Crippen molar-refractivity contribution < 1.29 is 9.22 Å². The second-order valence-corrected chi connectivity index (χ2v) is 10.2. The lowest BCUT2D eigenvalue weighted by atomic mass is 10.1. The van der Waals surface area contributed by atoms with Crippen LogP contribution in [0.4, 0.5) is 0 Å². The van der Waals surface area contributed by atoms with Gasteiger partial charge in [-0.25, -0.2) is 9.97 Å². The molecule has 1 aromatic heterocycles. The number of aromatic nitrogens is 2. The lowest BCUT2D eigenvalue weighted by Gasteiger charge is -2.28. The van der Waals surface area contributed by atoms with Gasteiger partial charge in [-0.3, -0.25) is 4.79 Å². The summed E-state index contributed by atoms with van der Waals surface area (Å²) in [6.07, 6.45) is 1.56. The predicted molar refractivity (Wildman–Crippen MR) is 77.4 cm³/mol. The lowest BCUT2D eigenvalue weighted by Crippen LogP contribution is -2.37. The van der Waals surface area contributed by atoms with Crippen LogP contribution in [0, 0.1) is 18.8 Å². The van der Waals surface area contributed by atoms with E-state index in [0.717, 1.165) is 0 Å². The van der Waals surface area contributed by atoms with E-state index < -0.39 is 13.9 Å². The molecule has 0 aliphatic rings. The van der Waals surface area contributed by atoms with Gasteiger partial charge in [0.25, 0.3) is 5.78 Å². The molecule has 0 N–H and O–H groups in total. The highest BCUT2D eigenvalue weighted by Crippen LogP contribution is 2.16. The Labute approximate surface area is 115 Å². The molecule has 1 aromatic rings. The van der Waals surface area contributed by atoms with Gasteiger partial charge in [0, 0.05) is 6.20 Å². The summed E-state index contributed by atoms with van der Waals surface area (Å²) >= 11 is 0. The van der Waals surface area contributed by atoms with E-state index in [1.54, 1.807) is 19.2 Å². The third-order valence-corrected chi connectivity index (χ3v) is 3.17. The van der Waals surface area contributed by atoms with Gasteiger partial charge in [-0.05, 0) is 52.4 Å². The zero-order chi connectivity index (χ0) is 14.7. The van der Waals surface area contributed by atoms with Crippen LogP contribution in [0.2, 0.25) is 19.6 Å². The highest BCUT2D eigenvalue weighted by molar-refractivity contribution is 6.69. The summed E-state index contributed by atoms with van der Waals surface area (Å²) in [6.45, 7) is 11.8. The molecule has 102 valence electrons. The first-order valence-corrected chi connectivity index (χ1v) is 9.57. The zero-order valence-electron chi connectivity index (χ0n) is 12.4. The van der Waals surface area contributed by atoms with Crippen molar-refractivity contribution in [3.8, 4) is 11.8 Å². The number of nitrogens with zero attached hydrogens (tertiary/aromatic N) is 2. The predicted octanol–water partition coefficient (Wildman–Crippen LogP) is 2.60. The SMILES string of the molecule is Cc1nccc(C(=O)C#CC(C)(C)O[Si](C)(C)C)n1. The third-order valence-electron chi connectivity index (χ3n) is 2.05. The van der Waals surface area contributed by atoms with Crippen LogP contribution < -0.4 is 0 Å². The molecule has 0 bridgehead atoms. The summed E-state index contributed by atoms with van der Waals surface area (Å²) in [4.78, 5) is 19.9. The first kappa shape index (κ1) is 15.5. The summed E-state index contributed by atoms with van der Waals surface area (Å²) < 4.78 is 5.92. The lowest BCUT2D eigenvalue weighted by molar-refractivity contribution is 0.104. The van der Waals surface area contributed by atoms with Gasteiger partial charge in [0.15, 0.2) is 8.32 Å². The molecule has 5 heteroatoms. The van der Waals surface area contributed by atoms with Crippen LogP contribution in [0.25, 0.3) is 0 Å². The number of Topliss-reactive ketones (excluding diaryl/α,β-unsaturated/α-hetero) is 1. The highest BCUT2D eigenvalue weighted by Gasteiger charge is 2.25. The monoisotopic (exact) mass is 276 g/mol. The quantitative estimate of drug-likeness (QED) is 0.368. The maximum atomic E-state index is 11.9. The summed E-state index contributed by atoms with van der Waals surface area (Å²) in [5.74, 6) is 5.75. The first-order valence-electron chi connectivity index (χ1n) is 6.16. The normalized spacial score (nSPS) is 11.7. The van der Waals surface area contributed by atoms with E-state index in [1.165, 1.54) is 0 Å². The number of ketones is 1. The largest absolute Gasteiger partial charge is 0.402 e. The molecule has 0 aromatic carbocycles. The van der Waals surface area contributed by atoms with Crippen molar-refractivity contribution >= 4 is 14.1 Å². The number of carbonyl (C=O) groups is 1. The van der Waals surface area contributed by atoms with Gasteiger partial charge in [0.05, 0.1) is 0 Å². The number of hydrogen-bond donors (Lipinski definition) is 0. The summed E-state index contributed by atoms with van der Waals surface area (Å²) in [5, 5.41) is 0. The first-order chi connectivity index (χ1) is 8.59. The molecule has 0 spiro atoms. The standard InChI is InChI=1S/C14H20N2O2Si/c1-11-15-10-8-12(16-11)13(17)7-9-14(2,3)18-19(4,5)6/h8,10H,1-6H3. The Kier molecular flexibility index (Phi) is 4.61. The van der Waals surface area contributed by atoms with E-state index in [9.17, 15) is 4.79 Å². The Bertz CT molecular complexity index is 536. The fourth-order valence-electron chi connectivity index (χ4n) is 1.64. The fourth-order valence-corrected chi connectivity index (χ4v) is 3.23. The molecule has 0 aliphatic heterocycles. The van der Waals surface area contributed by atoms with Crippen molar-refractivity contribution in [1.82, 2.24) is 9.97 Å². The molecular weight excluding hydrogens is 256 g/mol. The van der Waals surface area contributed by atoms with Gasteiger partial charge in [-0.2, -0.15) is 0 Å². The highest BCUT2D eigenvalue weighted by atomic mass is 28.4. The van der Waals surface area contributed by atoms with Crippen LogP contribution in [0.1, 0.15) is 30.2 Å². The van der Waals surface area contributed by atoms with Crippen molar-refractivity contribution in [3.05, 3.63) is 23.8 Å². The molecular formula is C14H20N2O2Si. The van der Waals surface area contributed by atoms with Crippen LogP contribution >= 0.6 is 0 Å². The smallest absolute Gasteiger partial charge is 0.254 e. The molecule has 0 saturated heterocycles. The van der Waals surface area contributed by atoms with Crippen LogP contribution in [0.5, 0.6) is 0 Å². The Morgan fingerprint density at radius 2 is 2.00 bits per heavy atom. The number of carbonyl (C=O) groups excluding carboxylic acids is 1. The van der Waals surface area contributed by atoms with E-state index >= 15 is 0 Å². The molecule has 0 aliphatic carbocycles. The van der Waals surface area contributed by atoms with Crippen molar-refractivity contribution in [1.29, 1.82) is 0 Å². The second kappa shape index (κ2) is 5.64. The minimum atomic E-state index is -1.69. The average molecular weight is 276 g/mol. The molecule has 0 amide bonds. The molecule has 1 heterocycles. The Hall–Kier alpha value is -1.51. The van der Waals surface area contributed by atoms with Crippen molar-refractivity contribution in [3.63, 3.8) is 0 Å². The van der Waals surface area contributed by atoms with Gasteiger partial charge in [0.1, 0.15) is 17.1 Å². The third kappa shape index (κ3) is 5.77. The van der Waals surface area contributed by atoms with Crippen molar-refractivity contribution in [2.75, 3.05) is 0 Å². The zero-order valence-corrected chi connectivity index (χ0v) is 13.4. The fraction of sp³-hybridized carbons (Fsp3) is 0.500. The molecule has 0 radical (unpaired) electrons. The van der Waals surface area contributed by atoms with E-state index in [4.69, 9.17) is 4.43 Å². The minimum absolute atomic E-state index is 0.308. The Balaban J connectivity index is 2.86. The maximum absolute atomic E-state index is 11.9. The van der Waals surface area contributed by atoms with Crippen LogP contribution in [0.3, 0.4) is 0 Å². The van der Waals surface area contributed by atoms with Gasteiger partial charge in [0.2, 0.25) is 0 Å². The number of hydrogen-bond acceptors (Lipinski definition) is 4. The molecule has 0 unspecified atom stereocenters. The summed E-state index contributed by atoms with van der Waals surface area (Å²) in [6, 6.07) is 1.57. The molecule has 0 fully saturated rings. The molecule has 19 heavy (non-hydrogen) atoms. The summed E-state index contributed by atoms with van der Waals surface area (Å²) in [5.41, 5.74) is -0.300. The summed E-state index contributed by atoms with van der Waals surface area (Å²) in [7, 11) is -1.69. The van der Waals surface area contributed by atoms with Gasteiger partial charge in [-0.15, -0.1) is 0 Å². The second-order valence-electron chi connectivity index (χ2n) is 5.79. The topological polar surface area (TPSA) is 52.1 Å². The van der Waals surface area contributed by atoms with Crippen LogP contribution in [0.15, 0.2) is 12.3 Å². The van der Waals surface area contributed by atoms with Crippen molar-refractivity contribution in [2.24, 2.45) is 0 Å². The molecule has 0 saturated carbocycles. The molecule has 1 rings (SSSR count). The number of rotatable bonds is 3. The maximum Gasteiger partial charge on any atom is 0.254 e. The number of aryl methyl sites for hydroxylation is 1. The average Bonchev–Trinajstić information content (AvgIpc) is 2.22. The van der Waals surface area contributed by atoms with Crippen LogP contribution in [-0.4, -0.2) is 29.7 Å². The van der Waals surface area contributed by atoms with E-state index in [-0.39, 0.29) is 5.78 Å². The van der Waals surface area contributed by atoms with Crippen molar-refractivity contribution in [2.45, 2.75) is 46.0 Å². The van der Waals surface area contributed by atoms with Gasteiger partial charge in [-0.1, -0.05) is 5.92 Å². The Morgan fingerprint density at radius 3 is 2.53 bits per heavy atom. The molecule has 0 atom stereocenters. The molecule has 4 nitrogen and oxygen atoms in total. The van der Waals surface area contributed by atoms with Gasteiger partial charge < -0.3 is 4.43 Å². The Morgan fingerprint density at radius 1 is 1.37 bits per heavy atom. The van der Waals surface area contributed by atoms with Gasteiger partial charge >= 0.3 is 0 Å². The van der Waals surface area contributed by atoms with Crippen LogP contribution in [-0.2, 0) is 4.43 Å². The van der Waals surface area contributed by atoms with E-state index in [0.29, 0.717) is 11.5 Å². The van der Waals surface area contributed by atoms with E-state index in [1.807, 2.05) is 13.8 Å². The minimum Gasteiger partial charge on any atom is -0.402 e. The van der Waals surface area contributed by atoms with E-state index in [2.05, 4.69) is 41.4 Å².